The van der Waals surface area contributed by atoms with Crippen LogP contribution in [0.4, 0.5) is 4.79 Å². The molecule has 0 spiro atoms. The summed E-state index contributed by atoms with van der Waals surface area (Å²) in [5.74, 6) is -1.66. The van der Waals surface area contributed by atoms with E-state index >= 15 is 0 Å². The molecule has 0 bridgehead atoms. The van der Waals surface area contributed by atoms with Crippen molar-refractivity contribution < 1.29 is 28.7 Å². The molecule has 2 unspecified atom stereocenters. The van der Waals surface area contributed by atoms with Crippen LogP contribution in [-0.2, 0) is 23.9 Å². The van der Waals surface area contributed by atoms with E-state index in [1.165, 1.54) is 26.0 Å². The molecule has 0 fully saturated rings. The molecule has 3 amide bonds. The molecule has 0 aliphatic carbocycles. The minimum atomic E-state index is -1.01. The standard InChI is InChI=1S/C21H31N3O6/c1-13-8-10-15(11-9-13)17(18(26)22-12-16(25)29-7)24(6)19(27)14(2)23-20(28)30-21(3,4)5/h8-11,14,17H,12H2,1-7H3,(H,22,26)(H,23,28). The Bertz CT molecular complexity index is 770. The second-order valence-corrected chi connectivity index (χ2v) is 7.92. The molecule has 0 saturated heterocycles. The third-order valence-electron chi connectivity index (χ3n) is 4.11. The third-order valence-corrected chi connectivity index (χ3v) is 4.11. The van der Waals surface area contributed by atoms with Gasteiger partial charge in [0.15, 0.2) is 0 Å². The Balaban J connectivity index is 3.02. The van der Waals surface area contributed by atoms with Gasteiger partial charge in [-0.1, -0.05) is 29.8 Å². The number of carbonyl (C=O) groups is 4. The first kappa shape index (κ1) is 24.9. The van der Waals surface area contributed by atoms with Crippen molar-refractivity contribution in [3.05, 3.63) is 35.4 Å². The van der Waals surface area contributed by atoms with E-state index in [4.69, 9.17) is 4.74 Å². The van der Waals surface area contributed by atoms with Gasteiger partial charge in [-0.15, -0.1) is 0 Å². The molecule has 30 heavy (non-hydrogen) atoms. The van der Waals surface area contributed by atoms with Gasteiger partial charge in [-0.2, -0.15) is 0 Å². The van der Waals surface area contributed by atoms with Gasteiger partial charge in [0.25, 0.3) is 0 Å². The van der Waals surface area contributed by atoms with Crippen LogP contribution in [0.3, 0.4) is 0 Å². The molecule has 0 heterocycles. The zero-order chi connectivity index (χ0) is 23.1. The number of nitrogens with zero attached hydrogens (tertiary/aromatic N) is 1. The number of ether oxygens (including phenoxy) is 2. The summed E-state index contributed by atoms with van der Waals surface area (Å²) in [5, 5.41) is 4.95. The number of nitrogens with one attached hydrogen (secondary N) is 2. The monoisotopic (exact) mass is 421 g/mol. The highest BCUT2D eigenvalue weighted by atomic mass is 16.6. The first-order valence-electron chi connectivity index (χ1n) is 9.53. The van der Waals surface area contributed by atoms with Crippen LogP contribution in [0.5, 0.6) is 0 Å². The van der Waals surface area contributed by atoms with E-state index in [1.54, 1.807) is 32.9 Å². The van der Waals surface area contributed by atoms with Crippen LogP contribution in [0.15, 0.2) is 24.3 Å². The maximum absolute atomic E-state index is 12.9. The molecule has 0 radical (unpaired) electrons. The Kier molecular flexibility index (Phi) is 8.82. The first-order valence-corrected chi connectivity index (χ1v) is 9.53. The van der Waals surface area contributed by atoms with Gasteiger partial charge in [0.1, 0.15) is 24.2 Å². The summed E-state index contributed by atoms with van der Waals surface area (Å²) in [7, 11) is 2.67. The van der Waals surface area contributed by atoms with E-state index in [2.05, 4.69) is 15.4 Å². The van der Waals surface area contributed by atoms with Gasteiger partial charge in [0, 0.05) is 7.05 Å². The summed E-state index contributed by atoms with van der Waals surface area (Å²) < 4.78 is 9.71. The van der Waals surface area contributed by atoms with Gasteiger partial charge in [0.2, 0.25) is 11.8 Å². The van der Waals surface area contributed by atoms with Crippen molar-refractivity contribution >= 4 is 23.9 Å². The number of esters is 1. The van der Waals surface area contributed by atoms with Crippen molar-refractivity contribution in [2.75, 3.05) is 20.7 Å². The van der Waals surface area contributed by atoms with Crippen molar-refractivity contribution in [3.8, 4) is 0 Å². The van der Waals surface area contributed by atoms with Gasteiger partial charge in [0.05, 0.1) is 7.11 Å². The summed E-state index contributed by atoms with van der Waals surface area (Å²) in [6, 6.07) is 5.14. The molecule has 0 aliphatic rings. The Labute approximate surface area is 177 Å². The van der Waals surface area contributed by atoms with E-state index < -0.39 is 41.6 Å². The number of benzene rings is 1. The fourth-order valence-corrected chi connectivity index (χ4v) is 2.61. The van der Waals surface area contributed by atoms with Gasteiger partial charge in [-0.25, -0.2) is 4.79 Å². The second kappa shape index (κ2) is 10.6. The van der Waals surface area contributed by atoms with E-state index in [0.717, 1.165) is 5.56 Å². The molecule has 2 N–H and O–H groups in total. The lowest BCUT2D eigenvalue weighted by atomic mass is 10.0. The summed E-state index contributed by atoms with van der Waals surface area (Å²) in [6.45, 7) is 8.21. The van der Waals surface area contributed by atoms with Gasteiger partial charge in [-0.3, -0.25) is 14.4 Å². The fraction of sp³-hybridized carbons (Fsp3) is 0.524. The van der Waals surface area contributed by atoms with Gasteiger partial charge in [-0.05, 0) is 40.2 Å². The second-order valence-electron chi connectivity index (χ2n) is 7.92. The Morgan fingerprint density at radius 2 is 1.67 bits per heavy atom. The molecule has 9 heteroatoms. The fourth-order valence-electron chi connectivity index (χ4n) is 2.61. The van der Waals surface area contributed by atoms with Crippen LogP contribution in [0, 0.1) is 6.92 Å². The van der Waals surface area contributed by atoms with E-state index in [1.807, 2.05) is 19.1 Å². The van der Waals surface area contributed by atoms with Gasteiger partial charge < -0.3 is 25.0 Å². The normalized spacial score (nSPS) is 12.9. The number of hydrogen-bond donors (Lipinski definition) is 2. The molecular formula is C21H31N3O6. The van der Waals surface area contributed by atoms with Crippen molar-refractivity contribution in [1.29, 1.82) is 0 Å². The van der Waals surface area contributed by atoms with E-state index in [9.17, 15) is 19.2 Å². The van der Waals surface area contributed by atoms with Gasteiger partial charge >= 0.3 is 12.1 Å². The van der Waals surface area contributed by atoms with Crippen molar-refractivity contribution in [2.45, 2.75) is 52.3 Å². The van der Waals surface area contributed by atoms with Crippen molar-refractivity contribution in [3.63, 3.8) is 0 Å². The molecule has 0 aliphatic heterocycles. The summed E-state index contributed by atoms with van der Waals surface area (Å²) >= 11 is 0. The number of likely N-dealkylation sites (N-methyl/N-ethyl adjacent to an activating group) is 1. The average molecular weight is 421 g/mol. The maximum atomic E-state index is 12.9. The largest absolute Gasteiger partial charge is 0.468 e. The number of alkyl carbamates (subject to hydrolysis) is 1. The smallest absolute Gasteiger partial charge is 0.408 e. The molecule has 2 atom stereocenters. The third kappa shape index (κ3) is 7.73. The highest BCUT2D eigenvalue weighted by molar-refractivity contribution is 5.92. The Morgan fingerprint density at radius 3 is 2.17 bits per heavy atom. The first-order chi connectivity index (χ1) is 13.9. The lowest BCUT2D eigenvalue weighted by Crippen LogP contribution is -2.50. The molecule has 0 aromatic heterocycles. The SMILES string of the molecule is COC(=O)CNC(=O)C(c1ccc(C)cc1)N(C)C(=O)C(C)NC(=O)OC(C)(C)C. The zero-order valence-corrected chi connectivity index (χ0v) is 18.6. The van der Waals surface area contributed by atoms with E-state index in [-0.39, 0.29) is 6.54 Å². The number of carbonyl (C=O) groups excluding carboxylic acids is 4. The Morgan fingerprint density at radius 1 is 1.10 bits per heavy atom. The maximum Gasteiger partial charge on any atom is 0.408 e. The zero-order valence-electron chi connectivity index (χ0n) is 18.6. The predicted molar refractivity (Wildman–Crippen MR) is 111 cm³/mol. The minimum Gasteiger partial charge on any atom is -0.468 e. The number of methoxy groups -OCH3 is 1. The predicted octanol–water partition coefficient (Wildman–Crippen LogP) is 1.70. The molecule has 1 aromatic rings. The van der Waals surface area contributed by atoms with Crippen LogP contribution < -0.4 is 10.6 Å². The molecular weight excluding hydrogens is 390 g/mol. The molecule has 1 aromatic carbocycles. The van der Waals surface area contributed by atoms with Crippen LogP contribution in [0.1, 0.15) is 44.9 Å². The lowest BCUT2D eigenvalue weighted by Gasteiger charge is -2.30. The van der Waals surface area contributed by atoms with Crippen LogP contribution >= 0.6 is 0 Å². The number of aryl methyl sites for hydroxylation is 1. The topological polar surface area (TPSA) is 114 Å². The minimum absolute atomic E-state index is 0.328. The number of rotatable bonds is 7. The van der Waals surface area contributed by atoms with Crippen LogP contribution in [0.2, 0.25) is 0 Å². The van der Waals surface area contributed by atoms with Crippen molar-refractivity contribution in [2.24, 2.45) is 0 Å². The highest BCUT2D eigenvalue weighted by Crippen LogP contribution is 2.21. The lowest BCUT2D eigenvalue weighted by molar-refractivity contribution is -0.143. The molecule has 166 valence electrons. The summed E-state index contributed by atoms with van der Waals surface area (Å²) in [6.07, 6.45) is -0.737. The summed E-state index contributed by atoms with van der Waals surface area (Å²) in [4.78, 5) is 50.3. The molecule has 0 saturated carbocycles. The summed E-state index contributed by atoms with van der Waals surface area (Å²) in [5.41, 5.74) is 0.835. The number of hydrogen-bond acceptors (Lipinski definition) is 6. The number of amides is 3. The van der Waals surface area contributed by atoms with E-state index in [0.29, 0.717) is 5.56 Å². The average Bonchev–Trinajstić information content (AvgIpc) is 2.65. The quantitative estimate of drug-likeness (QED) is 0.648. The molecule has 9 nitrogen and oxygen atoms in total. The van der Waals surface area contributed by atoms with Crippen LogP contribution in [0.25, 0.3) is 0 Å². The van der Waals surface area contributed by atoms with Crippen LogP contribution in [-0.4, -0.2) is 61.1 Å². The molecule has 1 rings (SSSR count). The Hall–Kier alpha value is -3.10. The van der Waals surface area contributed by atoms with Crippen molar-refractivity contribution in [1.82, 2.24) is 15.5 Å². The highest BCUT2D eigenvalue weighted by Gasteiger charge is 2.32.